The fourth-order valence-electron chi connectivity index (χ4n) is 0.352. The Balaban J connectivity index is 3.73. The van der Waals surface area contributed by atoms with Gasteiger partial charge in [0.1, 0.15) is 0 Å². The van der Waals surface area contributed by atoms with E-state index in [1.165, 1.54) is 0 Å². The highest BCUT2D eigenvalue weighted by molar-refractivity contribution is 9.09. The van der Waals surface area contributed by atoms with Crippen molar-refractivity contribution in [1.82, 2.24) is 5.32 Å². The highest BCUT2D eigenvalue weighted by atomic mass is 79.9. The second kappa shape index (κ2) is 5.94. The smallest absolute Gasteiger partial charge is 0.260 e. The minimum Gasteiger partial charge on any atom is -0.353 e. The first-order chi connectivity index (χ1) is 5.22. The first kappa shape index (κ1) is 10.2. The maximum atomic E-state index is 12.3. The summed E-state index contributed by atoms with van der Waals surface area (Å²) in [6.45, 7) is 0.306. The Labute approximate surface area is 70.7 Å². The molecule has 5 nitrogen and oxygen atoms in total. The zero-order chi connectivity index (χ0) is 8.69. The Morgan fingerprint density at radius 1 is 1.91 bits per heavy atom. The molecule has 1 amide bonds. The molecule has 0 spiro atoms. The van der Waals surface area contributed by atoms with Crippen molar-refractivity contribution >= 4 is 21.8 Å². The Morgan fingerprint density at radius 2 is 2.55 bits per heavy atom. The molecule has 11 heavy (non-hydrogen) atoms. The van der Waals surface area contributed by atoms with Crippen molar-refractivity contribution in [2.45, 2.75) is 6.30 Å². The molecule has 0 fully saturated rings. The highest BCUT2D eigenvalue weighted by Gasteiger charge is 2.12. The van der Waals surface area contributed by atoms with Gasteiger partial charge in [-0.25, -0.2) is 4.39 Å². The number of amides is 1. The van der Waals surface area contributed by atoms with Crippen LogP contribution in [0.25, 0.3) is 10.4 Å². The summed E-state index contributed by atoms with van der Waals surface area (Å²) in [5.41, 5.74) is 7.74. The van der Waals surface area contributed by atoms with Crippen LogP contribution in [-0.2, 0) is 4.79 Å². The molecule has 0 aliphatic carbocycles. The Bertz CT molecular complexity index is 181. The summed E-state index contributed by atoms with van der Waals surface area (Å²) in [7, 11) is 0. The van der Waals surface area contributed by atoms with Crippen LogP contribution in [0.1, 0.15) is 0 Å². The summed E-state index contributed by atoms with van der Waals surface area (Å²) in [6.07, 6.45) is -2.13. The van der Waals surface area contributed by atoms with E-state index >= 15 is 0 Å². The van der Waals surface area contributed by atoms with Gasteiger partial charge in [-0.1, -0.05) is 15.9 Å². The molecule has 0 saturated heterocycles. The number of nitrogens with one attached hydrogen (secondary N) is 1. The van der Waals surface area contributed by atoms with E-state index in [0.29, 0.717) is 11.9 Å². The Kier molecular flexibility index (Phi) is 5.50. The molecular formula is C4H6BrFN4O. The monoisotopic (exact) mass is 224 g/mol. The Morgan fingerprint density at radius 3 is 3.00 bits per heavy atom. The molecule has 0 bridgehead atoms. The van der Waals surface area contributed by atoms with Gasteiger partial charge < -0.3 is 5.32 Å². The lowest BCUT2D eigenvalue weighted by Gasteiger charge is -2.01. The van der Waals surface area contributed by atoms with Crippen LogP contribution < -0.4 is 5.32 Å². The van der Waals surface area contributed by atoms with Gasteiger partial charge >= 0.3 is 0 Å². The molecule has 1 atom stereocenters. The molecule has 0 saturated carbocycles. The molecule has 0 aromatic heterocycles. The molecule has 0 aromatic carbocycles. The molecule has 0 heterocycles. The lowest BCUT2D eigenvalue weighted by molar-refractivity contribution is -0.125. The topological polar surface area (TPSA) is 77.9 Å². The number of carbonyl (C=O) groups is 1. The average molecular weight is 225 g/mol. The van der Waals surface area contributed by atoms with Gasteiger partial charge in [-0.05, 0) is 10.6 Å². The van der Waals surface area contributed by atoms with Crippen LogP contribution in [0.3, 0.4) is 0 Å². The van der Waals surface area contributed by atoms with Crippen molar-refractivity contribution in [3.63, 3.8) is 0 Å². The van der Waals surface area contributed by atoms with E-state index in [2.05, 4.69) is 31.3 Å². The lowest BCUT2D eigenvalue weighted by Crippen LogP contribution is -2.31. The van der Waals surface area contributed by atoms with Gasteiger partial charge in [-0.2, -0.15) is 0 Å². The second-order valence-electron chi connectivity index (χ2n) is 1.52. The number of carbonyl (C=O) groups excluding carboxylic acids is 1. The van der Waals surface area contributed by atoms with E-state index in [1.54, 1.807) is 0 Å². The summed E-state index contributed by atoms with van der Waals surface area (Å²) in [5, 5.41) is 5.28. The van der Waals surface area contributed by atoms with Crippen molar-refractivity contribution in [3.8, 4) is 0 Å². The van der Waals surface area contributed by atoms with Crippen molar-refractivity contribution < 1.29 is 9.18 Å². The molecule has 1 unspecified atom stereocenters. The average Bonchev–Trinajstić information content (AvgIpc) is 2.00. The molecule has 0 aromatic rings. The minimum absolute atomic E-state index is 0.306. The number of hydrogen-bond donors (Lipinski definition) is 1. The van der Waals surface area contributed by atoms with Crippen LogP contribution in [0.2, 0.25) is 0 Å². The fraction of sp³-hybridized carbons (Fsp3) is 0.750. The van der Waals surface area contributed by atoms with E-state index in [4.69, 9.17) is 5.53 Å². The van der Waals surface area contributed by atoms with Crippen LogP contribution in [0.15, 0.2) is 5.11 Å². The summed E-state index contributed by atoms with van der Waals surface area (Å²) >= 11 is 3.03. The van der Waals surface area contributed by atoms with Crippen LogP contribution in [0.4, 0.5) is 4.39 Å². The van der Waals surface area contributed by atoms with Crippen molar-refractivity contribution in [2.75, 3.05) is 11.9 Å². The number of hydrogen-bond acceptors (Lipinski definition) is 2. The molecule has 1 N–H and O–H groups in total. The normalized spacial score (nSPS) is 11.5. The van der Waals surface area contributed by atoms with Gasteiger partial charge in [0.05, 0.1) is 0 Å². The molecule has 0 aliphatic rings. The number of alkyl halides is 2. The summed E-state index contributed by atoms with van der Waals surface area (Å²) in [6, 6.07) is 0. The first-order valence-corrected chi connectivity index (χ1v) is 3.86. The highest BCUT2D eigenvalue weighted by Crippen LogP contribution is 1.92. The third-order valence-electron chi connectivity index (χ3n) is 0.763. The minimum atomic E-state index is -2.13. The molecule has 0 rings (SSSR count). The number of azide groups is 1. The fourth-order valence-corrected chi connectivity index (χ4v) is 0.551. The van der Waals surface area contributed by atoms with Gasteiger partial charge in [-0.3, -0.25) is 4.79 Å². The van der Waals surface area contributed by atoms with Gasteiger partial charge in [0, 0.05) is 16.8 Å². The van der Waals surface area contributed by atoms with Gasteiger partial charge in [-0.15, -0.1) is 0 Å². The lowest BCUT2D eigenvalue weighted by atomic mass is 10.5. The van der Waals surface area contributed by atoms with Crippen molar-refractivity contribution in [2.24, 2.45) is 5.11 Å². The van der Waals surface area contributed by atoms with Crippen molar-refractivity contribution in [1.29, 1.82) is 0 Å². The maximum absolute atomic E-state index is 12.3. The van der Waals surface area contributed by atoms with Gasteiger partial charge in [0.2, 0.25) is 0 Å². The number of rotatable bonds is 4. The quantitative estimate of drug-likeness (QED) is 0.251. The molecular weight excluding hydrogens is 219 g/mol. The van der Waals surface area contributed by atoms with Crippen LogP contribution in [0.5, 0.6) is 0 Å². The van der Waals surface area contributed by atoms with E-state index in [9.17, 15) is 9.18 Å². The predicted molar refractivity (Wildman–Crippen MR) is 40.8 cm³/mol. The molecule has 62 valence electrons. The van der Waals surface area contributed by atoms with Crippen LogP contribution in [-0.4, -0.2) is 24.1 Å². The predicted octanol–water partition coefficient (Wildman–Crippen LogP) is 1.10. The zero-order valence-electron chi connectivity index (χ0n) is 5.50. The van der Waals surface area contributed by atoms with Crippen molar-refractivity contribution in [3.05, 3.63) is 10.4 Å². The number of halogens is 2. The van der Waals surface area contributed by atoms with Crippen LogP contribution >= 0.6 is 15.9 Å². The third kappa shape index (κ3) is 4.58. The first-order valence-electron chi connectivity index (χ1n) is 2.74. The van der Waals surface area contributed by atoms with E-state index in [0.717, 1.165) is 0 Å². The standard InChI is InChI=1S/C4H6BrFN4O/c5-1-2-8-4(11)3(6)9-10-7/h3H,1-2H2,(H,8,11). The summed E-state index contributed by atoms with van der Waals surface area (Å²) < 4.78 is 12.3. The van der Waals surface area contributed by atoms with E-state index in [1.807, 2.05) is 0 Å². The second-order valence-corrected chi connectivity index (χ2v) is 2.31. The molecule has 7 heteroatoms. The summed E-state index contributed by atoms with van der Waals surface area (Å²) in [4.78, 5) is 12.7. The third-order valence-corrected chi connectivity index (χ3v) is 1.16. The molecule has 0 aliphatic heterocycles. The summed E-state index contributed by atoms with van der Waals surface area (Å²) in [5.74, 6) is -0.915. The zero-order valence-corrected chi connectivity index (χ0v) is 7.08. The van der Waals surface area contributed by atoms with Gasteiger partial charge in [0.15, 0.2) is 0 Å². The van der Waals surface area contributed by atoms with E-state index in [-0.39, 0.29) is 0 Å². The SMILES string of the molecule is [N-]=[N+]=NC(F)C(=O)NCCBr. The maximum Gasteiger partial charge on any atom is 0.260 e. The van der Waals surface area contributed by atoms with Gasteiger partial charge in [0.25, 0.3) is 12.2 Å². The number of nitrogens with zero attached hydrogens (tertiary/aromatic N) is 3. The van der Waals surface area contributed by atoms with E-state index < -0.39 is 12.2 Å². The molecule has 0 radical (unpaired) electrons. The largest absolute Gasteiger partial charge is 0.353 e. The van der Waals surface area contributed by atoms with Crippen LogP contribution in [0, 0.1) is 0 Å². The Hall–Kier alpha value is -0.810.